The average Bonchev–Trinajstić information content (AvgIpc) is 3.36. The van der Waals surface area contributed by atoms with Crippen LogP contribution in [0.1, 0.15) is 31.2 Å². The first kappa shape index (κ1) is 19.6. The second-order valence-corrected chi connectivity index (χ2v) is 6.96. The van der Waals surface area contributed by atoms with Gasteiger partial charge in [-0.15, -0.1) is 10.2 Å². The highest BCUT2D eigenvalue weighted by Gasteiger charge is 2.15. The number of aromatic nitrogens is 3. The summed E-state index contributed by atoms with van der Waals surface area (Å²) in [7, 11) is 0. The average molecular weight is 391 g/mol. The summed E-state index contributed by atoms with van der Waals surface area (Å²) in [5.74, 6) is 1.77. The van der Waals surface area contributed by atoms with E-state index in [4.69, 9.17) is 21.3 Å². The van der Waals surface area contributed by atoms with Gasteiger partial charge in [-0.3, -0.25) is 0 Å². The monoisotopic (exact) mass is 390 g/mol. The molecule has 1 atom stereocenters. The molecule has 8 heteroatoms. The van der Waals surface area contributed by atoms with Crippen molar-refractivity contribution < 1.29 is 4.74 Å². The zero-order chi connectivity index (χ0) is 18.9. The number of halogens is 1. The highest BCUT2D eigenvalue weighted by atomic mass is 35.5. The standard InChI is InChI=1S/C19H27ClN6O/c1-2-18-25-24-14-26(18)10-9-21-19(23-13-17-4-3-11-27-17)22-12-15-5-7-16(20)8-6-15/h5-8,14,17H,2-4,9-13H2,1H3,(H2,21,22,23). The maximum Gasteiger partial charge on any atom is 0.191 e. The van der Waals surface area contributed by atoms with E-state index in [2.05, 4.69) is 32.3 Å². The van der Waals surface area contributed by atoms with Crippen molar-refractivity contribution in [2.24, 2.45) is 4.99 Å². The molecule has 1 aromatic carbocycles. The van der Waals surface area contributed by atoms with Crippen molar-refractivity contribution in [1.29, 1.82) is 0 Å². The third-order valence-corrected chi connectivity index (χ3v) is 4.76. The molecule has 1 aliphatic heterocycles. The number of rotatable bonds is 8. The Kier molecular flexibility index (Phi) is 7.47. The number of aryl methyl sites for hydroxylation is 1. The summed E-state index contributed by atoms with van der Waals surface area (Å²) in [5.41, 5.74) is 1.12. The van der Waals surface area contributed by atoms with Crippen LogP contribution in [-0.4, -0.2) is 46.5 Å². The predicted octanol–water partition coefficient (Wildman–Crippen LogP) is 2.41. The van der Waals surface area contributed by atoms with E-state index in [1.807, 2.05) is 24.3 Å². The van der Waals surface area contributed by atoms with Gasteiger partial charge in [-0.1, -0.05) is 30.7 Å². The third-order valence-electron chi connectivity index (χ3n) is 4.51. The molecule has 7 nitrogen and oxygen atoms in total. The first-order valence-corrected chi connectivity index (χ1v) is 9.87. The maximum atomic E-state index is 5.95. The van der Waals surface area contributed by atoms with E-state index >= 15 is 0 Å². The summed E-state index contributed by atoms with van der Waals surface area (Å²) in [6.45, 7) is 5.81. The first-order valence-electron chi connectivity index (χ1n) is 9.49. The maximum absolute atomic E-state index is 5.95. The number of nitrogens with zero attached hydrogens (tertiary/aromatic N) is 4. The molecule has 0 bridgehead atoms. The lowest BCUT2D eigenvalue weighted by Gasteiger charge is -2.16. The molecule has 0 saturated carbocycles. The zero-order valence-electron chi connectivity index (χ0n) is 15.7. The SMILES string of the molecule is CCc1nncn1CCNC(=NCc1ccc(Cl)cc1)NCC1CCCO1. The van der Waals surface area contributed by atoms with Crippen LogP contribution in [0, 0.1) is 0 Å². The van der Waals surface area contributed by atoms with Crippen LogP contribution < -0.4 is 10.6 Å². The molecule has 1 aliphatic rings. The molecular formula is C19H27ClN6O. The van der Waals surface area contributed by atoms with Crippen molar-refractivity contribution in [3.8, 4) is 0 Å². The minimum Gasteiger partial charge on any atom is -0.376 e. The quantitative estimate of drug-likeness (QED) is 0.534. The highest BCUT2D eigenvalue weighted by Crippen LogP contribution is 2.11. The van der Waals surface area contributed by atoms with Gasteiger partial charge in [-0.2, -0.15) is 0 Å². The topological polar surface area (TPSA) is 76.4 Å². The smallest absolute Gasteiger partial charge is 0.191 e. The van der Waals surface area contributed by atoms with Gasteiger partial charge in [0, 0.05) is 37.7 Å². The van der Waals surface area contributed by atoms with Gasteiger partial charge in [-0.05, 0) is 30.5 Å². The van der Waals surface area contributed by atoms with Crippen LogP contribution in [0.5, 0.6) is 0 Å². The van der Waals surface area contributed by atoms with Crippen molar-refractivity contribution >= 4 is 17.6 Å². The Hall–Kier alpha value is -2.12. The van der Waals surface area contributed by atoms with E-state index in [0.29, 0.717) is 6.54 Å². The van der Waals surface area contributed by atoms with Gasteiger partial charge in [-0.25, -0.2) is 4.99 Å². The Morgan fingerprint density at radius 3 is 2.93 bits per heavy atom. The van der Waals surface area contributed by atoms with Crippen molar-refractivity contribution in [2.45, 2.75) is 45.4 Å². The van der Waals surface area contributed by atoms with Crippen molar-refractivity contribution in [3.05, 3.63) is 47.0 Å². The Labute approximate surface area is 165 Å². The van der Waals surface area contributed by atoms with Gasteiger partial charge in [0.25, 0.3) is 0 Å². The van der Waals surface area contributed by atoms with Gasteiger partial charge in [0.15, 0.2) is 5.96 Å². The van der Waals surface area contributed by atoms with E-state index in [1.54, 1.807) is 6.33 Å². The van der Waals surface area contributed by atoms with Gasteiger partial charge >= 0.3 is 0 Å². The fraction of sp³-hybridized carbons (Fsp3) is 0.526. The molecule has 1 saturated heterocycles. The fourth-order valence-corrected chi connectivity index (χ4v) is 3.11. The molecule has 0 radical (unpaired) electrons. The van der Waals surface area contributed by atoms with E-state index in [1.165, 1.54) is 0 Å². The van der Waals surface area contributed by atoms with Gasteiger partial charge in [0.2, 0.25) is 0 Å². The predicted molar refractivity (Wildman–Crippen MR) is 107 cm³/mol. The van der Waals surface area contributed by atoms with Crippen LogP contribution in [0.4, 0.5) is 0 Å². The van der Waals surface area contributed by atoms with E-state index in [-0.39, 0.29) is 6.10 Å². The lowest BCUT2D eigenvalue weighted by molar-refractivity contribution is 0.114. The highest BCUT2D eigenvalue weighted by molar-refractivity contribution is 6.30. The minimum atomic E-state index is 0.261. The van der Waals surface area contributed by atoms with Crippen LogP contribution in [0.15, 0.2) is 35.6 Å². The molecule has 1 unspecified atom stereocenters. The summed E-state index contributed by atoms with van der Waals surface area (Å²) in [6.07, 6.45) is 5.12. The van der Waals surface area contributed by atoms with Crippen molar-refractivity contribution in [1.82, 2.24) is 25.4 Å². The third kappa shape index (κ3) is 6.22. The zero-order valence-corrected chi connectivity index (χ0v) is 16.5. The second-order valence-electron chi connectivity index (χ2n) is 6.53. The summed E-state index contributed by atoms with van der Waals surface area (Å²) in [5, 5.41) is 15.6. The minimum absolute atomic E-state index is 0.261. The summed E-state index contributed by atoms with van der Waals surface area (Å²) in [6, 6.07) is 7.76. The second kappa shape index (κ2) is 10.3. The normalized spacial score (nSPS) is 17.3. The molecule has 3 rings (SSSR count). The number of guanidine groups is 1. The van der Waals surface area contributed by atoms with Gasteiger partial charge in [0.1, 0.15) is 12.2 Å². The molecule has 1 aromatic heterocycles. The number of ether oxygens (including phenoxy) is 1. The Morgan fingerprint density at radius 2 is 2.19 bits per heavy atom. The van der Waals surface area contributed by atoms with Crippen molar-refractivity contribution in [2.75, 3.05) is 19.7 Å². The first-order chi connectivity index (χ1) is 13.2. The molecule has 2 N–H and O–H groups in total. The fourth-order valence-electron chi connectivity index (χ4n) is 2.98. The molecule has 1 fully saturated rings. The van der Waals surface area contributed by atoms with E-state index < -0.39 is 0 Å². The number of hydrogen-bond acceptors (Lipinski definition) is 4. The molecule has 0 aliphatic carbocycles. The van der Waals surface area contributed by atoms with Crippen LogP contribution in [0.3, 0.4) is 0 Å². The molecule has 0 spiro atoms. The number of benzene rings is 1. The van der Waals surface area contributed by atoms with Crippen molar-refractivity contribution in [3.63, 3.8) is 0 Å². The van der Waals surface area contributed by atoms with Gasteiger partial charge < -0.3 is 19.9 Å². The molecule has 2 aromatic rings. The van der Waals surface area contributed by atoms with Gasteiger partial charge in [0.05, 0.1) is 12.6 Å². The van der Waals surface area contributed by atoms with Crippen LogP contribution >= 0.6 is 11.6 Å². The molecule has 0 amide bonds. The van der Waals surface area contributed by atoms with E-state index in [9.17, 15) is 0 Å². The molecule has 27 heavy (non-hydrogen) atoms. The summed E-state index contributed by atoms with van der Waals surface area (Å²) < 4.78 is 7.75. The van der Waals surface area contributed by atoms with Crippen LogP contribution in [0.2, 0.25) is 5.02 Å². The number of hydrogen-bond donors (Lipinski definition) is 2. The summed E-state index contributed by atoms with van der Waals surface area (Å²) in [4.78, 5) is 4.70. The number of aliphatic imine (C=N–C) groups is 1. The van der Waals surface area contributed by atoms with Crippen LogP contribution in [-0.2, 0) is 24.2 Å². The lowest BCUT2D eigenvalue weighted by atomic mass is 10.2. The Morgan fingerprint density at radius 1 is 1.33 bits per heavy atom. The Bertz CT molecular complexity index is 724. The van der Waals surface area contributed by atoms with E-state index in [0.717, 1.165) is 67.9 Å². The molecule has 2 heterocycles. The van der Waals surface area contributed by atoms with Crippen LogP contribution in [0.25, 0.3) is 0 Å². The lowest BCUT2D eigenvalue weighted by Crippen LogP contribution is -2.42. The summed E-state index contributed by atoms with van der Waals surface area (Å²) >= 11 is 5.95. The Balaban J connectivity index is 1.55. The molecular weight excluding hydrogens is 364 g/mol. The largest absolute Gasteiger partial charge is 0.376 e. The number of nitrogens with one attached hydrogen (secondary N) is 2. The molecule has 146 valence electrons.